The Labute approximate surface area is 93.9 Å². The Kier molecular flexibility index (Phi) is 3.84. The van der Waals surface area contributed by atoms with Crippen molar-refractivity contribution in [3.63, 3.8) is 0 Å². The number of aromatic nitrogens is 1. The maximum absolute atomic E-state index is 10.7. The minimum Gasteiger partial charge on any atom is -0.481 e. The quantitative estimate of drug-likeness (QED) is 0.820. The molecule has 1 heterocycles. The van der Waals surface area contributed by atoms with Crippen LogP contribution in [-0.2, 0) is 4.79 Å². The number of pyridine rings is 1. The van der Waals surface area contributed by atoms with Crippen LogP contribution in [0.5, 0.6) is 0 Å². The standard InChI is InChI=1S/C11H13N3O2/c1-8(11(15)16)7-14(2)10-6-13-4-3-9(10)5-12/h3-4,6,8H,7H2,1-2H3,(H,15,16). The molecule has 5 nitrogen and oxygen atoms in total. The van der Waals surface area contributed by atoms with Crippen LogP contribution >= 0.6 is 0 Å². The average molecular weight is 219 g/mol. The highest BCUT2D eigenvalue weighted by Crippen LogP contribution is 2.17. The summed E-state index contributed by atoms with van der Waals surface area (Å²) in [4.78, 5) is 16.4. The number of nitriles is 1. The van der Waals surface area contributed by atoms with Gasteiger partial charge in [-0.05, 0) is 6.07 Å². The Balaban J connectivity index is 2.85. The molecule has 0 aromatic carbocycles. The van der Waals surface area contributed by atoms with Crippen molar-refractivity contribution in [2.24, 2.45) is 5.92 Å². The molecule has 1 unspecified atom stereocenters. The summed E-state index contributed by atoms with van der Waals surface area (Å²) in [5, 5.41) is 17.7. The van der Waals surface area contributed by atoms with Gasteiger partial charge < -0.3 is 10.0 Å². The van der Waals surface area contributed by atoms with Crippen molar-refractivity contribution in [1.82, 2.24) is 4.98 Å². The number of hydrogen-bond acceptors (Lipinski definition) is 4. The van der Waals surface area contributed by atoms with Gasteiger partial charge in [0.25, 0.3) is 0 Å². The minimum atomic E-state index is -0.853. The largest absolute Gasteiger partial charge is 0.481 e. The molecule has 1 aromatic rings. The van der Waals surface area contributed by atoms with Crippen molar-refractivity contribution in [2.45, 2.75) is 6.92 Å². The van der Waals surface area contributed by atoms with E-state index in [4.69, 9.17) is 10.4 Å². The summed E-state index contributed by atoms with van der Waals surface area (Å²) in [6.45, 7) is 1.97. The third kappa shape index (κ3) is 2.70. The van der Waals surface area contributed by atoms with E-state index in [2.05, 4.69) is 4.98 Å². The Hall–Kier alpha value is -2.09. The molecule has 0 aliphatic carbocycles. The summed E-state index contributed by atoms with van der Waals surface area (Å²) in [6, 6.07) is 3.66. The molecule has 0 saturated carbocycles. The Morgan fingerprint density at radius 1 is 1.75 bits per heavy atom. The van der Waals surface area contributed by atoms with Gasteiger partial charge in [0.1, 0.15) is 6.07 Å². The fourth-order valence-electron chi connectivity index (χ4n) is 1.37. The number of aliphatic carboxylic acids is 1. The van der Waals surface area contributed by atoms with E-state index >= 15 is 0 Å². The van der Waals surface area contributed by atoms with Crippen LogP contribution in [0.25, 0.3) is 0 Å². The molecule has 0 radical (unpaired) electrons. The minimum absolute atomic E-state index is 0.343. The van der Waals surface area contributed by atoms with E-state index in [-0.39, 0.29) is 0 Å². The highest BCUT2D eigenvalue weighted by Gasteiger charge is 2.15. The zero-order valence-electron chi connectivity index (χ0n) is 9.21. The topological polar surface area (TPSA) is 77.2 Å². The molecule has 1 aromatic heterocycles. The summed E-state index contributed by atoms with van der Waals surface area (Å²) < 4.78 is 0. The predicted molar refractivity (Wildman–Crippen MR) is 59.0 cm³/mol. The molecule has 0 bridgehead atoms. The van der Waals surface area contributed by atoms with Crippen LogP contribution in [0.15, 0.2) is 18.5 Å². The summed E-state index contributed by atoms with van der Waals surface area (Å²) in [5.41, 5.74) is 1.15. The lowest BCUT2D eigenvalue weighted by Gasteiger charge is -2.21. The summed E-state index contributed by atoms with van der Waals surface area (Å²) in [7, 11) is 1.75. The molecule has 0 fully saturated rings. The van der Waals surface area contributed by atoms with Crippen LogP contribution in [0.2, 0.25) is 0 Å². The fourth-order valence-corrected chi connectivity index (χ4v) is 1.37. The predicted octanol–water partition coefficient (Wildman–Crippen LogP) is 1.11. The first-order valence-corrected chi connectivity index (χ1v) is 4.84. The molecule has 0 spiro atoms. The van der Waals surface area contributed by atoms with E-state index in [1.807, 2.05) is 6.07 Å². The lowest BCUT2D eigenvalue weighted by atomic mass is 10.1. The lowest BCUT2D eigenvalue weighted by molar-refractivity contribution is -0.140. The maximum atomic E-state index is 10.7. The molecular formula is C11H13N3O2. The second-order valence-corrected chi connectivity index (χ2v) is 3.62. The molecule has 5 heteroatoms. The van der Waals surface area contributed by atoms with Crippen LogP contribution in [0.3, 0.4) is 0 Å². The number of hydrogen-bond donors (Lipinski definition) is 1. The zero-order valence-corrected chi connectivity index (χ0v) is 9.21. The van der Waals surface area contributed by atoms with E-state index in [0.29, 0.717) is 17.8 Å². The lowest BCUT2D eigenvalue weighted by Crippen LogP contribution is -2.28. The molecule has 1 rings (SSSR count). The van der Waals surface area contributed by atoms with Crippen molar-refractivity contribution in [3.05, 3.63) is 24.0 Å². The SMILES string of the molecule is CC(CN(C)c1cnccc1C#N)C(=O)O. The normalized spacial score (nSPS) is 11.6. The average Bonchev–Trinajstić information content (AvgIpc) is 2.28. The van der Waals surface area contributed by atoms with Crippen LogP contribution < -0.4 is 4.90 Å². The highest BCUT2D eigenvalue weighted by molar-refractivity contribution is 5.70. The van der Waals surface area contributed by atoms with E-state index in [1.165, 1.54) is 6.20 Å². The first-order valence-electron chi connectivity index (χ1n) is 4.84. The van der Waals surface area contributed by atoms with Crippen LogP contribution in [0.1, 0.15) is 12.5 Å². The number of carboxylic acid groups (broad SMARTS) is 1. The van der Waals surface area contributed by atoms with Crippen LogP contribution in [-0.4, -0.2) is 29.7 Å². The maximum Gasteiger partial charge on any atom is 0.308 e. The highest BCUT2D eigenvalue weighted by atomic mass is 16.4. The van der Waals surface area contributed by atoms with Gasteiger partial charge in [0.2, 0.25) is 0 Å². The van der Waals surface area contributed by atoms with Gasteiger partial charge in [0, 0.05) is 19.8 Å². The smallest absolute Gasteiger partial charge is 0.308 e. The third-order valence-electron chi connectivity index (χ3n) is 2.30. The van der Waals surface area contributed by atoms with Crippen molar-refractivity contribution in [1.29, 1.82) is 5.26 Å². The van der Waals surface area contributed by atoms with Crippen molar-refractivity contribution in [3.8, 4) is 6.07 Å². The number of nitrogens with zero attached hydrogens (tertiary/aromatic N) is 3. The van der Waals surface area contributed by atoms with Crippen molar-refractivity contribution in [2.75, 3.05) is 18.5 Å². The number of carboxylic acids is 1. The van der Waals surface area contributed by atoms with Crippen LogP contribution in [0, 0.1) is 17.2 Å². The second kappa shape index (κ2) is 5.12. The van der Waals surface area contributed by atoms with E-state index in [9.17, 15) is 4.79 Å². The number of anilines is 1. The molecule has 0 saturated heterocycles. The van der Waals surface area contributed by atoms with E-state index in [0.717, 1.165) is 0 Å². The van der Waals surface area contributed by atoms with E-state index < -0.39 is 11.9 Å². The summed E-state index contributed by atoms with van der Waals surface area (Å²) in [5.74, 6) is -1.34. The van der Waals surface area contributed by atoms with Gasteiger partial charge in [-0.1, -0.05) is 6.92 Å². The Morgan fingerprint density at radius 2 is 2.44 bits per heavy atom. The van der Waals surface area contributed by atoms with Gasteiger partial charge in [0.05, 0.1) is 23.4 Å². The molecule has 16 heavy (non-hydrogen) atoms. The van der Waals surface area contributed by atoms with Gasteiger partial charge in [-0.25, -0.2) is 0 Å². The van der Waals surface area contributed by atoms with Crippen molar-refractivity contribution < 1.29 is 9.90 Å². The molecule has 0 aliphatic heterocycles. The second-order valence-electron chi connectivity index (χ2n) is 3.62. The molecule has 1 atom stereocenters. The Bertz CT molecular complexity index is 425. The molecule has 0 aliphatic rings. The molecule has 1 N–H and O–H groups in total. The molecule has 84 valence electrons. The monoisotopic (exact) mass is 219 g/mol. The van der Waals surface area contributed by atoms with Gasteiger partial charge in [-0.2, -0.15) is 5.26 Å². The number of carbonyl (C=O) groups is 1. The first kappa shape index (κ1) is 12.0. The van der Waals surface area contributed by atoms with E-state index in [1.54, 1.807) is 31.1 Å². The third-order valence-corrected chi connectivity index (χ3v) is 2.30. The summed E-state index contributed by atoms with van der Waals surface area (Å²) in [6.07, 6.45) is 3.10. The van der Waals surface area contributed by atoms with Gasteiger partial charge in [-0.3, -0.25) is 9.78 Å². The van der Waals surface area contributed by atoms with Crippen LogP contribution in [0.4, 0.5) is 5.69 Å². The van der Waals surface area contributed by atoms with Gasteiger partial charge >= 0.3 is 5.97 Å². The molecule has 0 amide bonds. The first-order chi connectivity index (χ1) is 7.56. The fraction of sp³-hybridized carbons (Fsp3) is 0.364. The van der Waals surface area contributed by atoms with Gasteiger partial charge in [-0.15, -0.1) is 0 Å². The summed E-state index contributed by atoms with van der Waals surface area (Å²) >= 11 is 0. The van der Waals surface area contributed by atoms with Crippen molar-refractivity contribution >= 4 is 11.7 Å². The van der Waals surface area contributed by atoms with Gasteiger partial charge in [0.15, 0.2) is 0 Å². The number of rotatable bonds is 4. The molecular weight excluding hydrogens is 206 g/mol. The zero-order chi connectivity index (χ0) is 12.1. The Morgan fingerprint density at radius 3 is 3.00 bits per heavy atom.